The van der Waals surface area contributed by atoms with Gasteiger partial charge in [-0.25, -0.2) is 4.98 Å². The van der Waals surface area contributed by atoms with E-state index in [-0.39, 0.29) is 12.4 Å². The van der Waals surface area contributed by atoms with Crippen molar-refractivity contribution in [3.05, 3.63) is 78.2 Å². The molecule has 0 radical (unpaired) electrons. The van der Waals surface area contributed by atoms with Crippen LogP contribution in [-0.4, -0.2) is 27.2 Å². The molecule has 0 saturated carbocycles. The molecule has 0 atom stereocenters. The smallest absolute Gasteiger partial charge is 0.156 e. The van der Waals surface area contributed by atoms with Crippen LogP contribution in [0.1, 0.15) is 11.1 Å². The fraction of sp³-hybridized carbons (Fsp3) is 0.0909. The molecule has 1 N–H and O–H groups in total. The Morgan fingerprint density at radius 1 is 0.931 bits per heavy atom. The predicted molar refractivity (Wildman–Crippen MR) is 116 cm³/mol. The molecule has 0 spiro atoms. The van der Waals surface area contributed by atoms with Gasteiger partial charge in [0.15, 0.2) is 5.82 Å². The van der Waals surface area contributed by atoms with Gasteiger partial charge in [0.05, 0.1) is 17.3 Å². The average Bonchev–Trinajstić information content (AvgIpc) is 3.24. The van der Waals surface area contributed by atoms with Gasteiger partial charge in [-0.1, -0.05) is 6.07 Å². The van der Waals surface area contributed by atoms with Gasteiger partial charge in [-0.3, -0.25) is 10.1 Å². The second kappa shape index (κ2) is 8.55. The summed E-state index contributed by atoms with van der Waals surface area (Å²) in [5.41, 5.74) is 5.78. The van der Waals surface area contributed by atoms with Crippen molar-refractivity contribution in [1.29, 1.82) is 5.26 Å². The van der Waals surface area contributed by atoms with Crippen molar-refractivity contribution in [2.75, 3.05) is 11.9 Å². The number of hydrogen-bond acceptors (Lipinski definition) is 5. The lowest BCUT2D eigenvalue weighted by atomic mass is 9.99. The van der Waals surface area contributed by atoms with Gasteiger partial charge in [0.25, 0.3) is 0 Å². The topological polar surface area (TPSA) is 81.5 Å². The number of nitriles is 1. The van der Waals surface area contributed by atoms with Crippen molar-refractivity contribution in [2.45, 2.75) is 6.92 Å². The number of pyridine rings is 2. The molecule has 0 aliphatic carbocycles. The van der Waals surface area contributed by atoms with Crippen LogP contribution in [0.5, 0.6) is 0 Å². The highest BCUT2D eigenvalue weighted by molar-refractivity contribution is 5.85. The quantitative estimate of drug-likeness (QED) is 0.524. The molecule has 0 aliphatic rings. The zero-order chi connectivity index (χ0) is 19.5. The molecule has 0 saturated heterocycles. The summed E-state index contributed by atoms with van der Waals surface area (Å²) in [7, 11) is 1.93. The highest BCUT2D eigenvalue weighted by Gasteiger charge is 2.12. The third-order valence-corrected chi connectivity index (χ3v) is 4.65. The Kier molecular flexibility index (Phi) is 5.91. The van der Waals surface area contributed by atoms with Gasteiger partial charge in [-0.05, 0) is 60.0 Å². The van der Waals surface area contributed by atoms with Gasteiger partial charge in [0.1, 0.15) is 5.82 Å². The van der Waals surface area contributed by atoms with E-state index in [1.807, 2.05) is 67.4 Å². The molecule has 3 aromatic heterocycles. The summed E-state index contributed by atoms with van der Waals surface area (Å²) in [5.74, 6) is 1.56. The van der Waals surface area contributed by atoms with Gasteiger partial charge < -0.3 is 4.90 Å². The van der Waals surface area contributed by atoms with E-state index in [9.17, 15) is 0 Å². The van der Waals surface area contributed by atoms with Gasteiger partial charge in [0.2, 0.25) is 0 Å². The van der Waals surface area contributed by atoms with E-state index in [1.165, 1.54) is 0 Å². The van der Waals surface area contributed by atoms with Gasteiger partial charge >= 0.3 is 0 Å². The number of anilines is 2. The molecule has 0 bridgehead atoms. The van der Waals surface area contributed by atoms with Crippen LogP contribution in [-0.2, 0) is 0 Å². The highest BCUT2D eigenvalue weighted by Crippen LogP contribution is 2.29. The number of nitrogens with zero attached hydrogens (tertiary/aromatic N) is 5. The number of nitrogens with one attached hydrogen (secondary N) is 1. The number of H-pyrrole nitrogens is 1. The first-order valence-corrected chi connectivity index (χ1v) is 8.82. The Hall–Kier alpha value is -3.69. The van der Waals surface area contributed by atoms with Crippen molar-refractivity contribution in [3.63, 3.8) is 0 Å². The minimum atomic E-state index is 0. The van der Waals surface area contributed by atoms with E-state index in [0.29, 0.717) is 5.56 Å². The maximum Gasteiger partial charge on any atom is 0.156 e. The summed E-state index contributed by atoms with van der Waals surface area (Å²) >= 11 is 0. The van der Waals surface area contributed by atoms with Crippen molar-refractivity contribution < 1.29 is 0 Å². The lowest BCUT2D eigenvalue weighted by Crippen LogP contribution is -2.11. The third kappa shape index (κ3) is 4.10. The van der Waals surface area contributed by atoms with E-state index in [4.69, 9.17) is 5.26 Å². The first kappa shape index (κ1) is 20.1. The minimum Gasteiger partial charge on any atom is -0.313 e. The van der Waals surface area contributed by atoms with Crippen molar-refractivity contribution >= 4 is 24.0 Å². The van der Waals surface area contributed by atoms with E-state index >= 15 is 0 Å². The normalized spacial score (nSPS) is 10.1. The van der Waals surface area contributed by atoms with Crippen LogP contribution in [0.25, 0.3) is 22.4 Å². The summed E-state index contributed by atoms with van der Waals surface area (Å²) in [6.07, 6.45) is 5.30. The van der Waals surface area contributed by atoms with Gasteiger partial charge in [-0.15, -0.1) is 12.4 Å². The fourth-order valence-corrected chi connectivity index (χ4v) is 3.11. The van der Waals surface area contributed by atoms with Crippen LogP contribution in [0.15, 0.2) is 67.1 Å². The number of aromatic amines is 1. The molecule has 0 unspecified atom stereocenters. The molecule has 144 valence electrons. The Bertz CT molecular complexity index is 1160. The van der Waals surface area contributed by atoms with E-state index < -0.39 is 0 Å². The van der Waals surface area contributed by atoms with Crippen molar-refractivity contribution in [3.8, 4) is 28.5 Å². The molecule has 0 aliphatic heterocycles. The lowest BCUT2D eigenvalue weighted by molar-refractivity contribution is 1.02. The summed E-state index contributed by atoms with van der Waals surface area (Å²) in [5, 5.41) is 16.5. The van der Waals surface area contributed by atoms with Crippen LogP contribution >= 0.6 is 12.4 Å². The van der Waals surface area contributed by atoms with Crippen molar-refractivity contribution in [1.82, 2.24) is 20.2 Å². The van der Waals surface area contributed by atoms with E-state index in [2.05, 4.69) is 26.2 Å². The summed E-state index contributed by atoms with van der Waals surface area (Å²) < 4.78 is 0. The summed E-state index contributed by atoms with van der Waals surface area (Å²) in [6.45, 7) is 2.01. The van der Waals surface area contributed by atoms with Crippen LogP contribution < -0.4 is 4.90 Å². The minimum absolute atomic E-state index is 0. The second-order valence-corrected chi connectivity index (χ2v) is 6.48. The summed E-state index contributed by atoms with van der Waals surface area (Å²) in [4.78, 5) is 10.5. The van der Waals surface area contributed by atoms with Crippen LogP contribution in [0, 0.1) is 18.3 Å². The molecule has 4 rings (SSSR count). The first-order chi connectivity index (χ1) is 13.7. The SMILES string of the molecule is Cc1cc(C#N)ccc1-c1ccnc(N(C)c2cc(-c3ccncc3)[nH]n2)c1.Cl. The number of hydrogen-bond donors (Lipinski definition) is 1. The molecule has 3 heterocycles. The molecule has 7 heteroatoms. The van der Waals surface area contributed by atoms with Crippen LogP contribution in [0.4, 0.5) is 11.6 Å². The molecular weight excluding hydrogens is 384 g/mol. The number of halogens is 1. The average molecular weight is 403 g/mol. The molecule has 29 heavy (non-hydrogen) atoms. The van der Waals surface area contributed by atoms with Gasteiger partial charge in [0, 0.05) is 37.3 Å². The Morgan fingerprint density at radius 2 is 1.69 bits per heavy atom. The monoisotopic (exact) mass is 402 g/mol. The van der Waals surface area contributed by atoms with Gasteiger partial charge in [-0.2, -0.15) is 10.4 Å². The molecule has 0 amide bonds. The Balaban J connectivity index is 0.00000240. The fourth-order valence-electron chi connectivity index (χ4n) is 3.11. The zero-order valence-electron chi connectivity index (χ0n) is 16.0. The highest BCUT2D eigenvalue weighted by atomic mass is 35.5. The Morgan fingerprint density at radius 3 is 2.41 bits per heavy atom. The number of aromatic nitrogens is 4. The zero-order valence-corrected chi connectivity index (χ0v) is 16.8. The number of rotatable bonds is 4. The maximum absolute atomic E-state index is 9.07. The maximum atomic E-state index is 9.07. The molecule has 1 aromatic carbocycles. The van der Waals surface area contributed by atoms with Crippen LogP contribution in [0.2, 0.25) is 0 Å². The lowest BCUT2D eigenvalue weighted by Gasteiger charge is -2.16. The third-order valence-electron chi connectivity index (χ3n) is 4.65. The predicted octanol–water partition coefficient (Wildman–Crippen LogP) is 4.90. The molecular formula is C22H19ClN6. The van der Waals surface area contributed by atoms with Crippen LogP contribution in [0.3, 0.4) is 0 Å². The standard InChI is InChI=1S/C22H18N6.ClH/c1-15-11-16(14-23)3-4-19(15)18-7-10-25-21(12-18)28(2)22-13-20(26-27-22)17-5-8-24-9-6-17;/h3-13H,1-2H3,(H,26,27);1H. The second-order valence-electron chi connectivity index (χ2n) is 6.48. The molecule has 6 nitrogen and oxygen atoms in total. The number of aryl methyl sites for hydroxylation is 1. The van der Waals surface area contributed by atoms with E-state index in [0.717, 1.165) is 39.6 Å². The molecule has 4 aromatic rings. The van der Waals surface area contributed by atoms with Crippen molar-refractivity contribution in [2.24, 2.45) is 0 Å². The Labute approximate surface area is 175 Å². The number of benzene rings is 1. The molecule has 0 fully saturated rings. The van der Waals surface area contributed by atoms with E-state index in [1.54, 1.807) is 18.6 Å². The largest absolute Gasteiger partial charge is 0.313 e. The summed E-state index contributed by atoms with van der Waals surface area (Å²) in [6, 6.07) is 17.7. The first-order valence-electron chi connectivity index (χ1n) is 8.82.